The molecule has 168 valence electrons. The van der Waals surface area contributed by atoms with Gasteiger partial charge in [-0.15, -0.1) is 0 Å². The SMILES string of the molecule is CNC(=O)c1ccc(/C=C/C(=O)N2CCCc3cc(S(=O)(=O)N4CCCC4)ccc32)cc1. The van der Waals surface area contributed by atoms with Gasteiger partial charge in [0.15, 0.2) is 0 Å². The Morgan fingerprint density at radius 3 is 2.38 bits per heavy atom. The highest BCUT2D eigenvalue weighted by Crippen LogP contribution is 2.31. The number of aryl methyl sites for hydroxylation is 1. The Labute approximate surface area is 188 Å². The summed E-state index contributed by atoms with van der Waals surface area (Å²) in [6.45, 7) is 1.72. The van der Waals surface area contributed by atoms with E-state index in [4.69, 9.17) is 0 Å². The summed E-state index contributed by atoms with van der Waals surface area (Å²) in [6.07, 6.45) is 6.55. The second kappa shape index (κ2) is 9.26. The molecule has 2 aromatic rings. The third-order valence-electron chi connectivity index (χ3n) is 5.96. The van der Waals surface area contributed by atoms with Crippen LogP contribution in [-0.2, 0) is 21.2 Å². The largest absolute Gasteiger partial charge is 0.355 e. The first-order valence-corrected chi connectivity index (χ1v) is 12.3. The van der Waals surface area contributed by atoms with Crippen molar-refractivity contribution in [3.63, 3.8) is 0 Å². The zero-order valence-electron chi connectivity index (χ0n) is 18.1. The fourth-order valence-electron chi connectivity index (χ4n) is 4.19. The van der Waals surface area contributed by atoms with E-state index in [1.165, 1.54) is 6.08 Å². The van der Waals surface area contributed by atoms with Crippen molar-refractivity contribution in [1.82, 2.24) is 9.62 Å². The summed E-state index contributed by atoms with van der Waals surface area (Å²) in [5.74, 6) is -0.316. The molecule has 0 radical (unpaired) electrons. The van der Waals surface area contributed by atoms with Crippen LogP contribution < -0.4 is 10.2 Å². The van der Waals surface area contributed by atoms with Crippen LogP contribution in [0, 0.1) is 0 Å². The van der Waals surface area contributed by atoms with Crippen molar-refractivity contribution in [2.45, 2.75) is 30.6 Å². The molecule has 2 heterocycles. The molecule has 0 spiro atoms. The summed E-state index contributed by atoms with van der Waals surface area (Å²) in [6, 6.07) is 12.1. The van der Waals surface area contributed by atoms with Crippen molar-refractivity contribution < 1.29 is 18.0 Å². The van der Waals surface area contributed by atoms with E-state index in [1.54, 1.807) is 64.8 Å². The Hall–Kier alpha value is -2.97. The molecule has 32 heavy (non-hydrogen) atoms. The number of carbonyl (C=O) groups is 2. The van der Waals surface area contributed by atoms with Crippen LogP contribution in [0.4, 0.5) is 5.69 Å². The lowest BCUT2D eigenvalue weighted by Gasteiger charge is -2.29. The summed E-state index contributed by atoms with van der Waals surface area (Å²) in [7, 11) is -1.90. The number of benzene rings is 2. The number of hydrogen-bond donors (Lipinski definition) is 1. The Balaban J connectivity index is 1.52. The van der Waals surface area contributed by atoms with Gasteiger partial charge in [-0.25, -0.2) is 8.42 Å². The molecule has 1 N–H and O–H groups in total. The highest BCUT2D eigenvalue weighted by atomic mass is 32.2. The van der Waals surface area contributed by atoms with Gasteiger partial charge in [-0.05, 0) is 73.2 Å². The van der Waals surface area contributed by atoms with Crippen LogP contribution in [0.15, 0.2) is 53.4 Å². The van der Waals surface area contributed by atoms with Gasteiger partial charge >= 0.3 is 0 Å². The highest BCUT2D eigenvalue weighted by Gasteiger charge is 2.29. The van der Waals surface area contributed by atoms with Crippen LogP contribution in [0.1, 0.15) is 40.7 Å². The summed E-state index contributed by atoms with van der Waals surface area (Å²) < 4.78 is 27.3. The number of anilines is 1. The number of fused-ring (bicyclic) bond motifs is 1. The quantitative estimate of drug-likeness (QED) is 0.706. The van der Waals surface area contributed by atoms with Gasteiger partial charge in [-0.2, -0.15) is 4.31 Å². The number of carbonyl (C=O) groups excluding carboxylic acids is 2. The van der Waals surface area contributed by atoms with E-state index in [1.807, 2.05) is 0 Å². The second-order valence-corrected chi connectivity index (χ2v) is 9.97. The predicted molar refractivity (Wildman–Crippen MR) is 124 cm³/mol. The fourth-order valence-corrected chi connectivity index (χ4v) is 5.76. The molecule has 0 bridgehead atoms. The summed E-state index contributed by atoms with van der Waals surface area (Å²) in [5.41, 5.74) is 3.02. The molecule has 8 heteroatoms. The maximum atomic E-state index is 12.9. The Bertz CT molecular complexity index is 1150. The molecule has 1 saturated heterocycles. The van der Waals surface area contributed by atoms with Gasteiger partial charge in [-0.1, -0.05) is 12.1 Å². The summed E-state index contributed by atoms with van der Waals surface area (Å²) >= 11 is 0. The lowest BCUT2D eigenvalue weighted by Crippen LogP contribution is -2.34. The smallest absolute Gasteiger partial charge is 0.251 e. The van der Waals surface area contributed by atoms with E-state index < -0.39 is 10.0 Å². The van der Waals surface area contributed by atoms with Crippen LogP contribution >= 0.6 is 0 Å². The molecular formula is C24H27N3O4S. The second-order valence-electron chi connectivity index (χ2n) is 8.03. The average molecular weight is 454 g/mol. The molecule has 7 nitrogen and oxygen atoms in total. The van der Waals surface area contributed by atoms with Crippen LogP contribution in [0.2, 0.25) is 0 Å². The molecule has 1 fully saturated rings. The van der Waals surface area contributed by atoms with Gasteiger partial charge in [0.2, 0.25) is 10.0 Å². The molecule has 0 saturated carbocycles. The number of hydrogen-bond acceptors (Lipinski definition) is 4. The highest BCUT2D eigenvalue weighted by molar-refractivity contribution is 7.89. The Morgan fingerprint density at radius 2 is 1.69 bits per heavy atom. The number of sulfonamides is 1. The first kappa shape index (κ1) is 22.2. The number of nitrogens with one attached hydrogen (secondary N) is 1. The number of amides is 2. The molecular weight excluding hydrogens is 426 g/mol. The minimum absolute atomic E-state index is 0.156. The third-order valence-corrected chi connectivity index (χ3v) is 7.85. The van der Waals surface area contributed by atoms with Crippen molar-refractivity contribution in [1.29, 1.82) is 0 Å². The molecule has 0 atom stereocenters. The fraction of sp³-hybridized carbons (Fsp3) is 0.333. The number of rotatable bonds is 5. The van der Waals surface area contributed by atoms with Crippen LogP contribution in [0.3, 0.4) is 0 Å². The van der Waals surface area contributed by atoms with Crippen molar-refractivity contribution in [2.24, 2.45) is 0 Å². The van der Waals surface area contributed by atoms with Crippen LogP contribution in [0.25, 0.3) is 6.08 Å². The summed E-state index contributed by atoms with van der Waals surface area (Å²) in [4.78, 5) is 26.5. The molecule has 0 aliphatic carbocycles. The maximum absolute atomic E-state index is 12.9. The van der Waals surface area contributed by atoms with E-state index in [-0.39, 0.29) is 11.8 Å². The van der Waals surface area contributed by atoms with Gasteiger partial charge in [-0.3, -0.25) is 9.59 Å². The van der Waals surface area contributed by atoms with Gasteiger partial charge in [0.25, 0.3) is 11.8 Å². The Morgan fingerprint density at radius 1 is 0.969 bits per heavy atom. The molecule has 2 aliphatic rings. The van der Waals surface area contributed by atoms with E-state index >= 15 is 0 Å². The van der Waals surface area contributed by atoms with Gasteiger partial charge in [0.05, 0.1) is 4.90 Å². The van der Waals surface area contributed by atoms with Crippen molar-refractivity contribution >= 4 is 33.6 Å². The van der Waals surface area contributed by atoms with Gasteiger partial charge in [0, 0.05) is 44.0 Å². The van der Waals surface area contributed by atoms with Crippen LogP contribution in [0.5, 0.6) is 0 Å². The monoisotopic (exact) mass is 453 g/mol. The van der Waals surface area contributed by atoms with Gasteiger partial charge < -0.3 is 10.2 Å². The predicted octanol–water partition coefficient (Wildman–Crippen LogP) is 2.82. The first-order chi connectivity index (χ1) is 15.4. The molecule has 0 aromatic heterocycles. The molecule has 2 amide bonds. The Kier molecular flexibility index (Phi) is 6.43. The average Bonchev–Trinajstić information content (AvgIpc) is 3.37. The molecule has 2 aliphatic heterocycles. The van der Waals surface area contributed by atoms with E-state index in [0.29, 0.717) is 30.1 Å². The third kappa shape index (κ3) is 4.47. The molecule has 0 unspecified atom stereocenters. The van der Waals surface area contributed by atoms with Crippen LogP contribution in [-0.4, -0.2) is 51.2 Å². The topological polar surface area (TPSA) is 86.8 Å². The lowest BCUT2D eigenvalue weighted by molar-refractivity contribution is -0.114. The molecule has 4 rings (SSSR count). The van der Waals surface area contributed by atoms with E-state index in [2.05, 4.69) is 5.32 Å². The molecule has 2 aromatic carbocycles. The van der Waals surface area contributed by atoms with Crippen molar-refractivity contribution in [3.05, 3.63) is 65.2 Å². The summed E-state index contributed by atoms with van der Waals surface area (Å²) in [5, 5.41) is 2.57. The van der Waals surface area contributed by atoms with E-state index in [0.717, 1.165) is 42.5 Å². The number of nitrogens with zero attached hydrogens (tertiary/aromatic N) is 2. The van der Waals surface area contributed by atoms with Gasteiger partial charge in [0.1, 0.15) is 0 Å². The minimum atomic E-state index is -3.48. The van der Waals surface area contributed by atoms with Crippen molar-refractivity contribution in [2.75, 3.05) is 31.6 Å². The minimum Gasteiger partial charge on any atom is -0.355 e. The normalized spacial score (nSPS) is 16.8. The van der Waals surface area contributed by atoms with Crippen molar-refractivity contribution in [3.8, 4) is 0 Å². The zero-order valence-corrected chi connectivity index (χ0v) is 18.9. The maximum Gasteiger partial charge on any atom is 0.251 e. The van der Waals surface area contributed by atoms with E-state index in [9.17, 15) is 18.0 Å². The first-order valence-electron chi connectivity index (χ1n) is 10.8. The standard InChI is InChI=1S/C24H27N3O4S/c1-25-24(29)19-9-6-18(7-10-19)8-13-23(28)27-16-4-5-20-17-21(11-12-22(20)27)32(30,31)26-14-2-3-15-26/h6-13,17H,2-5,14-16H2,1H3,(H,25,29)/b13-8+. The lowest BCUT2D eigenvalue weighted by atomic mass is 10.0. The zero-order chi connectivity index (χ0) is 22.7.